The van der Waals surface area contributed by atoms with Crippen LogP contribution in [0.2, 0.25) is 0 Å². The van der Waals surface area contributed by atoms with Gasteiger partial charge in [-0.3, -0.25) is 4.79 Å². The fourth-order valence-electron chi connectivity index (χ4n) is 1.85. The summed E-state index contributed by atoms with van der Waals surface area (Å²) in [6, 6.07) is 6.89. The Morgan fingerprint density at radius 2 is 2.00 bits per heavy atom. The molecule has 0 bridgehead atoms. The van der Waals surface area contributed by atoms with Gasteiger partial charge in [0.2, 0.25) is 0 Å². The number of pyridine rings is 1. The predicted octanol–water partition coefficient (Wildman–Crippen LogP) is 2.76. The molecule has 0 aliphatic carbocycles. The molecule has 3 rings (SSSR count). The number of nitrogen functional groups attached to an aromatic ring is 1. The second kappa shape index (κ2) is 4.53. The molecule has 2 heterocycles. The van der Waals surface area contributed by atoms with Crippen LogP contribution in [0.15, 0.2) is 35.1 Å². The summed E-state index contributed by atoms with van der Waals surface area (Å²) in [4.78, 5) is 13.9. The van der Waals surface area contributed by atoms with E-state index in [0.717, 1.165) is 6.07 Å². The number of aromatic hydroxyl groups is 1. The van der Waals surface area contributed by atoms with Crippen LogP contribution in [0, 0.1) is 5.82 Å². The Balaban J connectivity index is 2.08. The molecule has 5 N–H and O–H groups in total. The van der Waals surface area contributed by atoms with Crippen LogP contribution in [0.25, 0.3) is 10.2 Å². The van der Waals surface area contributed by atoms with E-state index in [1.54, 1.807) is 12.1 Å². The van der Waals surface area contributed by atoms with Gasteiger partial charge in [-0.2, -0.15) is 0 Å². The average molecular weight is 291 g/mol. The maximum absolute atomic E-state index is 12.8. The Bertz CT molecular complexity index is 839. The van der Waals surface area contributed by atoms with Crippen LogP contribution in [0.3, 0.4) is 0 Å². The quantitative estimate of drug-likeness (QED) is 0.584. The molecular formula is C13H10FN3O2S. The first-order valence-corrected chi connectivity index (χ1v) is 6.53. The number of anilines is 3. The van der Waals surface area contributed by atoms with Gasteiger partial charge in [-0.15, -0.1) is 11.3 Å². The number of aromatic nitrogens is 1. The molecule has 0 unspecified atom stereocenters. The number of fused-ring (bicyclic) bond motifs is 1. The molecule has 0 saturated carbocycles. The molecule has 0 fully saturated rings. The van der Waals surface area contributed by atoms with Gasteiger partial charge in [-0.1, -0.05) is 0 Å². The zero-order valence-corrected chi connectivity index (χ0v) is 10.9. The number of H-pyrrole nitrogens is 1. The largest absolute Gasteiger partial charge is 0.506 e. The van der Waals surface area contributed by atoms with Crippen molar-refractivity contribution in [3.05, 3.63) is 46.5 Å². The molecule has 1 aromatic carbocycles. The number of nitrogens with one attached hydrogen (secondary N) is 2. The third kappa shape index (κ3) is 2.08. The Kier molecular flexibility index (Phi) is 2.83. The molecule has 0 amide bonds. The van der Waals surface area contributed by atoms with E-state index in [0.29, 0.717) is 26.6 Å². The summed E-state index contributed by atoms with van der Waals surface area (Å²) in [5.41, 5.74) is 6.91. The van der Waals surface area contributed by atoms with Gasteiger partial charge in [-0.25, -0.2) is 4.39 Å². The van der Waals surface area contributed by atoms with Crippen molar-refractivity contribution in [1.82, 2.24) is 4.98 Å². The first-order valence-electron chi connectivity index (χ1n) is 5.71. The maximum atomic E-state index is 12.8. The molecule has 20 heavy (non-hydrogen) atoms. The fraction of sp³-hybridized carbons (Fsp3) is 0. The van der Waals surface area contributed by atoms with Crippen molar-refractivity contribution >= 4 is 37.9 Å². The van der Waals surface area contributed by atoms with Gasteiger partial charge in [0.05, 0.1) is 15.9 Å². The average Bonchev–Trinajstić information content (AvgIpc) is 2.71. The lowest BCUT2D eigenvalue weighted by Crippen LogP contribution is -2.03. The maximum Gasteiger partial charge on any atom is 0.252 e. The van der Waals surface area contributed by atoms with Crippen molar-refractivity contribution in [3.63, 3.8) is 0 Å². The smallest absolute Gasteiger partial charge is 0.252 e. The van der Waals surface area contributed by atoms with Crippen molar-refractivity contribution in [2.75, 3.05) is 11.1 Å². The van der Waals surface area contributed by atoms with Crippen LogP contribution < -0.4 is 16.6 Å². The van der Waals surface area contributed by atoms with E-state index in [9.17, 15) is 14.3 Å². The second-order valence-corrected chi connectivity index (χ2v) is 5.22. The highest BCUT2D eigenvalue weighted by atomic mass is 32.1. The summed E-state index contributed by atoms with van der Waals surface area (Å²) >= 11 is 1.21. The highest BCUT2D eigenvalue weighted by Crippen LogP contribution is 2.41. The summed E-state index contributed by atoms with van der Waals surface area (Å²) in [5.74, 6) is -0.450. The third-order valence-corrected chi connectivity index (χ3v) is 3.94. The van der Waals surface area contributed by atoms with Crippen LogP contribution >= 0.6 is 11.3 Å². The zero-order valence-electron chi connectivity index (χ0n) is 10.1. The van der Waals surface area contributed by atoms with E-state index in [-0.39, 0.29) is 11.6 Å². The molecule has 3 aromatic rings. The van der Waals surface area contributed by atoms with Gasteiger partial charge >= 0.3 is 0 Å². The van der Waals surface area contributed by atoms with Crippen molar-refractivity contribution in [2.24, 2.45) is 0 Å². The van der Waals surface area contributed by atoms with E-state index < -0.39 is 5.56 Å². The number of hydrogen-bond donors (Lipinski definition) is 4. The lowest BCUT2D eigenvalue weighted by Gasteiger charge is -2.04. The van der Waals surface area contributed by atoms with E-state index in [1.165, 1.54) is 23.5 Å². The molecule has 5 nitrogen and oxygen atoms in total. The molecule has 102 valence electrons. The standard InChI is InChI=1S/C13H10FN3O2S/c14-6-1-3-7(4-2-6)16-13-10(15)11-12(20-13)8(18)5-9(19)17-11/h1-5,16H,15H2,(H2,17,18,19). The van der Waals surface area contributed by atoms with Gasteiger partial charge in [0.1, 0.15) is 16.6 Å². The molecule has 0 radical (unpaired) electrons. The summed E-state index contributed by atoms with van der Waals surface area (Å²) in [6.07, 6.45) is 0. The lowest BCUT2D eigenvalue weighted by molar-refractivity contribution is 0.481. The number of thiophene rings is 1. The van der Waals surface area contributed by atoms with E-state index in [4.69, 9.17) is 5.73 Å². The monoisotopic (exact) mass is 291 g/mol. The van der Waals surface area contributed by atoms with E-state index in [2.05, 4.69) is 10.3 Å². The van der Waals surface area contributed by atoms with Crippen LogP contribution in [-0.2, 0) is 0 Å². The number of nitrogens with two attached hydrogens (primary N) is 1. The molecule has 0 saturated heterocycles. The first kappa shape index (κ1) is 12.5. The predicted molar refractivity (Wildman–Crippen MR) is 78.2 cm³/mol. The number of aromatic amines is 1. The minimum atomic E-state index is -0.423. The first-order chi connectivity index (χ1) is 9.54. The van der Waals surface area contributed by atoms with Gasteiger partial charge in [0, 0.05) is 11.8 Å². The zero-order chi connectivity index (χ0) is 14.3. The number of benzene rings is 1. The SMILES string of the molecule is Nc1c(Nc2ccc(F)cc2)sc2c(O)cc(=O)[nH]c12. The van der Waals surface area contributed by atoms with Crippen LogP contribution in [0.4, 0.5) is 20.8 Å². The Hall–Kier alpha value is -2.54. The van der Waals surface area contributed by atoms with Gasteiger partial charge in [0.15, 0.2) is 0 Å². The highest BCUT2D eigenvalue weighted by molar-refractivity contribution is 7.24. The molecule has 0 atom stereocenters. The lowest BCUT2D eigenvalue weighted by atomic mass is 10.3. The van der Waals surface area contributed by atoms with Crippen LogP contribution in [-0.4, -0.2) is 10.1 Å². The van der Waals surface area contributed by atoms with Crippen LogP contribution in [0.1, 0.15) is 0 Å². The molecule has 0 spiro atoms. The molecular weight excluding hydrogens is 281 g/mol. The topological polar surface area (TPSA) is 91.1 Å². The fourth-order valence-corrected chi connectivity index (χ4v) is 2.87. The molecule has 7 heteroatoms. The highest BCUT2D eigenvalue weighted by Gasteiger charge is 2.14. The van der Waals surface area contributed by atoms with Crippen molar-refractivity contribution in [1.29, 1.82) is 0 Å². The minimum absolute atomic E-state index is 0.118. The minimum Gasteiger partial charge on any atom is -0.506 e. The van der Waals surface area contributed by atoms with Crippen LogP contribution in [0.5, 0.6) is 5.75 Å². The number of hydrogen-bond acceptors (Lipinski definition) is 5. The van der Waals surface area contributed by atoms with Gasteiger partial charge in [-0.05, 0) is 24.3 Å². The van der Waals surface area contributed by atoms with E-state index >= 15 is 0 Å². The Morgan fingerprint density at radius 1 is 1.30 bits per heavy atom. The molecule has 0 aliphatic heterocycles. The summed E-state index contributed by atoms with van der Waals surface area (Å²) in [6.45, 7) is 0. The normalized spacial score (nSPS) is 10.8. The molecule has 2 aromatic heterocycles. The van der Waals surface area contributed by atoms with Crippen molar-refractivity contribution < 1.29 is 9.50 Å². The second-order valence-electron chi connectivity index (χ2n) is 4.20. The Labute approximate surface area is 116 Å². The van der Waals surface area contributed by atoms with Crippen molar-refractivity contribution in [3.8, 4) is 5.75 Å². The number of rotatable bonds is 2. The summed E-state index contributed by atoms with van der Waals surface area (Å²) in [5, 5.41) is 13.4. The number of halogens is 1. The summed E-state index contributed by atoms with van der Waals surface area (Å²) in [7, 11) is 0. The summed E-state index contributed by atoms with van der Waals surface area (Å²) < 4.78 is 13.3. The Morgan fingerprint density at radius 3 is 2.70 bits per heavy atom. The van der Waals surface area contributed by atoms with Crippen molar-refractivity contribution in [2.45, 2.75) is 0 Å². The molecule has 0 aliphatic rings. The third-order valence-electron chi connectivity index (χ3n) is 2.80. The van der Waals surface area contributed by atoms with Gasteiger partial charge in [0.25, 0.3) is 5.56 Å². The van der Waals surface area contributed by atoms with Gasteiger partial charge < -0.3 is 21.1 Å². The van der Waals surface area contributed by atoms with E-state index in [1.807, 2.05) is 0 Å².